The number of aliphatic carboxylic acids is 1. The lowest BCUT2D eigenvalue weighted by Crippen LogP contribution is -2.50. The number of carboxylic acids is 1. The summed E-state index contributed by atoms with van der Waals surface area (Å²) in [4.78, 5) is 25.2. The van der Waals surface area contributed by atoms with Gasteiger partial charge >= 0.3 is 30.2 Å². The number of halogens is 10. The molecule has 46 heavy (non-hydrogen) atoms. The van der Waals surface area contributed by atoms with Gasteiger partial charge in [0.25, 0.3) is 0 Å². The molecular formula is C29H27F10NO5S. The van der Waals surface area contributed by atoms with Crippen LogP contribution in [0.1, 0.15) is 48.8 Å². The summed E-state index contributed by atoms with van der Waals surface area (Å²) in [5, 5.41) is 9.24. The highest BCUT2D eigenvalue weighted by Crippen LogP contribution is 2.54. The molecule has 2 aromatic rings. The van der Waals surface area contributed by atoms with Crippen LogP contribution in [-0.4, -0.2) is 61.9 Å². The largest absolute Gasteiger partial charge is 0.481 e. The first-order valence-corrected chi connectivity index (χ1v) is 15.4. The Bertz CT molecular complexity index is 1550. The highest BCUT2D eigenvalue weighted by Gasteiger charge is 2.73. The maximum absolute atomic E-state index is 14.7. The van der Waals surface area contributed by atoms with E-state index in [-0.39, 0.29) is 44.4 Å². The van der Waals surface area contributed by atoms with Crippen molar-refractivity contribution < 1.29 is 67.0 Å². The van der Waals surface area contributed by atoms with Crippen LogP contribution < -0.4 is 0 Å². The van der Waals surface area contributed by atoms with Gasteiger partial charge in [-0.3, -0.25) is 9.59 Å². The van der Waals surface area contributed by atoms with Gasteiger partial charge in [0.1, 0.15) is 4.75 Å². The zero-order chi connectivity index (χ0) is 34.5. The van der Waals surface area contributed by atoms with Crippen LogP contribution in [0.5, 0.6) is 0 Å². The van der Waals surface area contributed by atoms with Crippen molar-refractivity contribution in [2.45, 2.75) is 72.4 Å². The molecule has 1 aliphatic carbocycles. The number of amides is 1. The van der Waals surface area contributed by atoms with E-state index in [0.717, 1.165) is 29.2 Å². The van der Waals surface area contributed by atoms with E-state index in [4.69, 9.17) is 0 Å². The first-order valence-electron chi connectivity index (χ1n) is 13.9. The summed E-state index contributed by atoms with van der Waals surface area (Å²) < 4.78 is 160. The predicted molar refractivity (Wildman–Crippen MR) is 141 cm³/mol. The van der Waals surface area contributed by atoms with Gasteiger partial charge in [-0.05, 0) is 55.4 Å². The topological polar surface area (TPSA) is 91.8 Å². The summed E-state index contributed by atoms with van der Waals surface area (Å²) in [6.07, 6.45) is -18.9. The van der Waals surface area contributed by atoms with Crippen molar-refractivity contribution in [3.8, 4) is 0 Å². The average Bonchev–Trinajstić information content (AvgIpc) is 3.42. The number of hydrogen-bond acceptors (Lipinski definition) is 4. The molecule has 1 aliphatic heterocycles. The van der Waals surface area contributed by atoms with Gasteiger partial charge in [0, 0.05) is 24.6 Å². The third-order valence-corrected chi connectivity index (χ3v) is 11.2. The molecule has 1 saturated heterocycles. The zero-order valence-corrected chi connectivity index (χ0v) is 24.5. The van der Waals surface area contributed by atoms with E-state index in [1.807, 2.05) is 0 Å². The Morgan fingerprint density at radius 3 is 1.87 bits per heavy atom. The first-order chi connectivity index (χ1) is 21.0. The number of alkyl halides is 10. The van der Waals surface area contributed by atoms with Crippen LogP contribution in [0.3, 0.4) is 0 Å². The molecule has 254 valence electrons. The van der Waals surface area contributed by atoms with Gasteiger partial charge in [-0.25, -0.2) is 12.8 Å². The van der Waals surface area contributed by atoms with Crippen molar-refractivity contribution in [3.63, 3.8) is 0 Å². The molecule has 1 N–H and O–H groups in total. The van der Waals surface area contributed by atoms with Gasteiger partial charge in [-0.1, -0.05) is 36.4 Å². The number of carbonyl (C=O) groups excluding carboxylic acids is 1. The van der Waals surface area contributed by atoms with Crippen molar-refractivity contribution in [1.29, 1.82) is 0 Å². The Morgan fingerprint density at radius 2 is 1.37 bits per heavy atom. The Kier molecular flexibility index (Phi) is 9.27. The molecule has 0 aromatic heterocycles. The standard InChI is InChI=1S/C29H27F10NO5S/c30-26(31,32)15-17-2-1-3-22(14-17)46(44,45)25(12-13-40(16-25)23(41)18-4-6-19(7-5-18)24(42)43)20-8-10-21(11-9-20)27(33,28(34,35)36)29(37,38)39/h1-3,8-11,14,18-19H,4-7,12-13,15-16H2,(H,42,43). The summed E-state index contributed by atoms with van der Waals surface area (Å²) in [5.74, 6) is -2.97. The second-order valence-corrected chi connectivity index (χ2v) is 13.8. The maximum Gasteiger partial charge on any atom is 0.435 e. The molecule has 6 nitrogen and oxygen atoms in total. The number of rotatable bonds is 7. The SMILES string of the molecule is O=C(O)C1CCC(C(=O)N2CCC(c3ccc(C(F)(C(F)(F)F)C(F)(F)F)cc3)(S(=O)(=O)c3cccc(CC(F)(F)F)c3)C2)CC1. The van der Waals surface area contributed by atoms with Crippen molar-refractivity contribution in [2.24, 2.45) is 11.8 Å². The fourth-order valence-corrected chi connectivity index (χ4v) is 8.34. The molecule has 4 rings (SSSR count). The number of carbonyl (C=O) groups is 2. The summed E-state index contributed by atoms with van der Waals surface area (Å²) in [7, 11) is -4.83. The highest BCUT2D eigenvalue weighted by atomic mass is 32.2. The van der Waals surface area contributed by atoms with Gasteiger partial charge in [-0.2, -0.15) is 39.5 Å². The van der Waals surface area contributed by atoms with E-state index in [2.05, 4.69) is 0 Å². The Balaban J connectivity index is 1.78. The molecule has 0 spiro atoms. The lowest BCUT2D eigenvalue weighted by Gasteiger charge is -2.33. The van der Waals surface area contributed by atoms with Gasteiger partial charge < -0.3 is 10.0 Å². The van der Waals surface area contributed by atoms with Crippen LogP contribution in [0.2, 0.25) is 0 Å². The number of hydrogen-bond donors (Lipinski definition) is 1. The van der Waals surface area contributed by atoms with E-state index >= 15 is 0 Å². The smallest absolute Gasteiger partial charge is 0.435 e. The van der Waals surface area contributed by atoms with E-state index in [1.165, 1.54) is 0 Å². The summed E-state index contributed by atoms with van der Waals surface area (Å²) >= 11 is 0. The van der Waals surface area contributed by atoms with Crippen molar-refractivity contribution >= 4 is 21.7 Å². The van der Waals surface area contributed by atoms with Crippen LogP contribution in [0, 0.1) is 11.8 Å². The molecule has 1 unspecified atom stereocenters. The van der Waals surface area contributed by atoms with Crippen LogP contribution in [0.4, 0.5) is 43.9 Å². The molecular weight excluding hydrogens is 664 g/mol. The third kappa shape index (κ3) is 6.43. The van der Waals surface area contributed by atoms with Crippen molar-refractivity contribution in [2.75, 3.05) is 13.1 Å². The number of likely N-dealkylation sites (tertiary alicyclic amines) is 1. The molecule has 17 heteroatoms. The first kappa shape index (κ1) is 35.5. The number of benzene rings is 2. The van der Waals surface area contributed by atoms with Gasteiger partial charge in [-0.15, -0.1) is 0 Å². The lowest BCUT2D eigenvalue weighted by atomic mass is 9.81. The fourth-order valence-electron chi connectivity index (χ4n) is 6.20. The Labute approximate surface area is 256 Å². The van der Waals surface area contributed by atoms with E-state index in [1.54, 1.807) is 0 Å². The summed E-state index contributed by atoms with van der Waals surface area (Å²) in [5.41, 5.74) is -8.54. The number of sulfone groups is 1. The molecule has 1 heterocycles. The highest BCUT2D eigenvalue weighted by molar-refractivity contribution is 7.92. The molecule has 1 atom stereocenters. The predicted octanol–water partition coefficient (Wildman–Crippen LogP) is 6.87. The van der Waals surface area contributed by atoms with Crippen LogP contribution >= 0.6 is 0 Å². The Hall–Kier alpha value is -3.37. The molecule has 0 radical (unpaired) electrons. The molecule has 1 amide bonds. The van der Waals surface area contributed by atoms with Crippen LogP contribution in [-0.2, 0) is 36.3 Å². The fraction of sp³-hybridized carbons (Fsp3) is 0.517. The normalized spacial score (nSPS) is 23.4. The second kappa shape index (κ2) is 12.0. The maximum atomic E-state index is 14.7. The minimum absolute atomic E-state index is 0.144. The molecule has 2 aromatic carbocycles. The zero-order valence-electron chi connectivity index (χ0n) is 23.6. The van der Waals surface area contributed by atoms with E-state index in [9.17, 15) is 67.0 Å². The average molecular weight is 692 g/mol. The quantitative estimate of drug-likeness (QED) is 0.320. The monoisotopic (exact) mass is 691 g/mol. The van der Waals surface area contributed by atoms with Crippen LogP contribution in [0.15, 0.2) is 53.4 Å². The molecule has 0 bridgehead atoms. The lowest BCUT2D eigenvalue weighted by molar-refractivity contribution is -0.348. The Morgan fingerprint density at radius 1 is 0.826 bits per heavy atom. The third-order valence-electron chi connectivity index (χ3n) is 8.69. The molecule has 1 saturated carbocycles. The second-order valence-electron chi connectivity index (χ2n) is 11.6. The number of carboxylic acid groups (broad SMARTS) is 1. The summed E-state index contributed by atoms with van der Waals surface area (Å²) in [6.45, 7) is -0.936. The number of nitrogens with zero attached hydrogens (tertiary/aromatic N) is 1. The van der Waals surface area contributed by atoms with E-state index in [0.29, 0.717) is 12.1 Å². The van der Waals surface area contributed by atoms with Gasteiger partial charge in [0.15, 0.2) is 9.84 Å². The summed E-state index contributed by atoms with van der Waals surface area (Å²) in [6, 6.07) is 5.21. The minimum Gasteiger partial charge on any atom is -0.481 e. The molecule has 2 fully saturated rings. The van der Waals surface area contributed by atoms with Gasteiger partial charge in [0.05, 0.1) is 17.2 Å². The van der Waals surface area contributed by atoms with E-state index < -0.39 is 103 Å². The minimum atomic E-state index is -6.44. The van der Waals surface area contributed by atoms with Crippen molar-refractivity contribution in [3.05, 3.63) is 65.2 Å². The van der Waals surface area contributed by atoms with Crippen LogP contribution in [0.25, 0.3) is 0 Å². The van der Waals surface area contributed by atoms with Gasteiger partial charge in [0.2, 0.25) is 5.91 Å². The molecule has 2 aliphatic rings. The van der Waals surface area contributed by atoms with Crippen molar-refractivity contribution in [1.82, 2.24) is 4.90 Å².